The Morgan fingerprint density at radius 1 is 1.29 bits per heavy atom. The van der Waals surface area contributed by atoms with Gasteiger partial charge in [0.15, 0.2) is 0 Å². The van der Waals surface area contributed by atoms with E-state index in [4.69, 9.17) is 5.73 Å². The van der Waals surface area contributed by atoms with Gasteiger partial charge in [-0.25, -0.2) is 4.39 Å². The maximum absolute atomic E-state index is 13.4. The third kappa shape index (κ3) is 4.42. The molecule has 0 saturated carbocycles. The molecule has 3 N–H and O–H groups in total. The topological polar surface area (TPSA) is 55.1 Å². The van der Waals surface area contributed by atoms with E-state index in [0.717, 1.165) is 4.88 Å². The number of nitrogens with two attached hydrogens (primary N) is 1. The molecule has 0 aliphatic carbocycles. The molecule has 2 rings (SSSR count). The summed E-state index contributed by atoms with van der Waals surface area (Å²) in [6.07, 6.45) is 0.462. The molecule has 0 unspecified atom stereocenters. The predicted molar refractivity (Wildman–Crippen MR) is 82.7 cm³/mol. The molecule has 0 aliphatic rings. The number of halogens is 1. The van der Waals surface area contributed by atoms with Crippen LogP contribution in [0.5, 0.6) is 0 Å². The Hall–Kier alpha value is -2.16. The highest BCUT2D eigenvalue weighted by Gasteiger charge is 2.08. The first-order chi connectivity index (χ1) is 10.2. The van der Waals surface area contributed by atoms with Crippen molar-refractivity contribution in [3.05, 3.63) is 57.5 Å². The van der Waals surface area contributed by atoms with Gasteiger partial charge in [-0.3, -0.25) is 4.79 Å². The first kappa shape index (κ1) is 15.2. The average molecular weight is 302 g/mol. The van der Waals surface area contributed by atoms with Gasteiger partial charge in [0.05, 0.1) is 16.3 Å². The molecular formula is C16H15FN2OS. The van der Waals surface area contributed by atoms with Gasteiger partial charge in [-0.05, 0) is 30.2 Å². The molecule has 3 nitrogen and oxygen atoms in total. The molecule has 1 heterocycles. The third-order valence-corrected chi connectivity index (χ3v) is 3.78. The Morgan fingerprint density at radius 2 is 2.10 bits per heavy atom. The van der Waals surface area contributed by atoms with Gasteiger partial charge < -0.3 is 11.1 Å². The van der Waals surface area contributed by atoms with E-state index in [0.29, 0.717) is 30.0 Å². The highest BCUT2D eigenvalue weighted by atomic mass is 32.1. The minimum Gasteiger partial charge on any atom is -0.351 e. The highest BCUT2D eigenvalue weighted by Crippen LogP contribution is 2.15. The molecule has 0 fully saturated rings. The molecule has 1 aromatic heterocycles. The Kier molecular flexibility index (Phi) is 5.50. The molecule has 0 aliphatic heterocycles. The van der Waals surface area contributed by atoms with E-state index in [2.05, 4.69) is 17.2 Å². The molecule has 0 bridgehead atoms. The zero-order valence-corrected chi connectivity index (χ0v) is 12.2. The van der Waals surface area contributed by atoms with E-state index in [1.165, 1.54) is 17.4 Å². The van der Waals surface area contributed by atoms with E-state index in [-0.39, 0.29) is 11.7 Å². The summed E-state index contributed by atoms with van der Waals surface area (Å²) < 4.78 is 13.4. The van der Waals surface area contributed by atoms with Crippen molar-refractivity contribution in [1.29, 1.82) is 0 Å². The molecule has 5 heteroatoms. The van der Waals surface area contributed by atoms with E-state index in [1.807, 2.05) is 0 Å². The summed E-state index contributed by atoms with van der Waals surface area (Å²) in [6.45, 7) is 0.684. The lowest BCUT2D eigenvalue weighted by molar-refractivity contribution is 0.0958. The summed E-state index contributed by atoms with van der Waals surface area (Å²) in [5, 5.41) is 2.78. The summed E-state index contributed by atoms with van der Waals surface area (Å²) >= 11 is 1.32. The molecule has 21 heavy (non-hydrogen) atoms. The summed E-state index contributed by atoms with van der Waals surface area (Å²) in [6, 6.07) is 10.1. The van der Waals surface area contributed by atoms with Crippen LogP contribution in [0.25, 0.3) is 0 Å². The van der Waals surface area contributed by atoms with Gasteiger partial charge in [0.2, 0.25) is 0 Å². The lowest BCUT2D eigenvalue weighted by Crippen LogP contribution is -2.25. The van der Waals surface area contributed by atoms with Crippen LogP contribution in [0.1, 0.15) is 20.1 Å². The minimum atomic E-state index is -0.248. The second-order valence-corrected chi connectivity index (χ2v) is 5.35. The maximum Gasteiger partial charge on any atom is 0.261 e. The number of hydrogen-bond acceptors (Lipinski definition) is 3. The standard InChI is InChI=1S/C16H15FN2OS/c17-14-6-2-1-4-12(14)9-11-19-16(20)15-8-7-13(21-15)5-3-10-18/h1-2,4,6-8H,9-11,18H2,(H,19,20). The number of hydrogen-bond donors (Lipinski definition) is 2. The largest absolute Gasteiger partial charge is 0.351 e. The third-order valence-electron chi connectivity index (χ3n) is 2.78. The molecule has 0 atom stereocenters. The molecular weight excluding hydrogens is 287 g/mol. The predicted octanol–water partition coefficient (Wildman–Crippen LogP) is 2.17. The normalized spacial score (nSPS) is 9.81. The Bertz CT molecular complexity index is 685. The fourth-order valence-corrected chi connectivity index (χ4v) is 2.56. The quantitative estimate of drug-likeness (QED) is 0.851. The number of carbonyl (C=O) groups is 1. The van der Waals surface area contributed by atoms with Gasteiger partial charge in [0.1, 0.15) is 5.82 Å². The zero-order valence-electron chi connectivity index (χ0n) is 11.4. The first-order valence-electron chi connectivity index (χ1n) is 6.51. The fraction of sp³-hybridized carbons (Fsp3) is 0.188. The summed E-state index contributed by atoms with van der Waals surface area (Å²) in [7, 11) is 0. The molecule has 0 radical (unpaired) electrons. The minimum absolute atomic E-state index is 0.169. The number of nitrogens with one attached hydrogen (secondary N) is 1. The van der Waals surface area contributed by atoms with Gasteiger partial charge in [-0.2, -0.15) is 0 Å². The number of carbonyl (C=O) groups excluding carboxylic acids is 1. The van der Waals surface area contributed by atoms with Crippen LogP contribution < -0.4 is 11.1 Å². The first-order valence-corrected chi connectivity index (χ1v) is 7.32. The van der Waals surface area contributed by atoms with Crippen LogP contribution in [-0.2, 0) is 6.42 Å². The average Bonchev–Trinajstić information content (AvgIpc) is 2.96. The maximum atomic E-state index is 13.4. The van der Waals surface area contributed by atoms with E-state index >= 15 is 0 Å². The molecule has 1 amide bonds. The van der Waals surface area contributed by atoms with Crippen molar-refractivity contribution in [2.24, 2.45) is 5.73 Å². The monoisotopic (exact) mass is 302 g/mol. The van der Waals surface area contributed by atoms with Crippen LogP contribution in [0.15, 0.2) is 36.4 Å². The molecule has 1 aromatic carbocycles. The van der Waals surface area contributed by atoms with Crippen LogP contribution >= 0.6 is 11.3 Å². The number of benzene rings is 1. The summed E-state index contributed by atoms with van der Waals surface area (Å²) in [5.74, 6) is 5.21. The van der Waals surface area contributed by atoms with Crippen LogP contribution in [-0.4, -0.2) is 19.0 Å². The molecule has 108 valence electrons. The zero-order chi connectivity index (χ0) is 15.1. The van der Waals surface area contributed by atoms with Gasteiger partial charge >= 0.3 is 0 Å². The van der Waals surface area contributed by atoms with Crippen molar-refractivity contribution in [2.75, 3.05) is 13.1 Å². The van der Waals surface area contributed by atoms with Crippen LogP contribution in [0.3, 0.4) is 0 Å². The lowest BCUT2D eigenvalue weighted by Gasteiger charge is -2.04. The van der Waals surface area contributed by atoms with E-state index in [9.17, 15) is 9.18 Å². The van der Waals surface area contributed by atoms with Crippen molar-refractivity contribution < 1.29 is 9.18 Å². The highest BCUT2D eigenvalue weighted by molar-refractivity contribution is 7.14. The van der Waals surface area contributed by atoms with Gasteiger partial charge in [-0.1, -0.05) is 30.0 Å². The second kappa shape index (κ2) is 7.58. The molecule has 0 saturated heterocycles. The lowest BCUT2D eigenvalue weighted by atomic mass is 10.1. The van der Waals surface area contributed by atoms with Crippen molar-refractivity contribution in [3.8, 4) is 11.8 Å². The van der Waals surface area contributed by atoms with Crippen molar-refractivity contribution in [1.82, 2.24) is 5.32 Å². The SMILES string of the molecule is NCC#Cc1ccc(C(=O)NCCc2ccccc2F)s1. The molecule has 0 spiro atoms. The summed E-state index contributed by atoms with van der Waals surface area (Å²) in [5.41, 5.74) is 5.89. The smallest absolute Gasteiger partial charge is 0.261 e. The van der Waals surface area contributed by atoms with E-state index in [1.54, 1.807) is 30.3 Å². The van der Waals surface area contributed by atoms with E-state index < -0.39 is 0 Å². The molecule has 2 aromatic rings. The van der Waals surface area contributed by atoms with Crippen LogP contribution in [0, 0.1) is 17.7 Å². The Balaban J connectivity index is 1.87. The van der Waals surface area contributed by atoms with Gasteiger partial charge in [0.25, 0.3) is 5.91 Å². The van der Waals surface area contributed by atoms with Gasteiger partial charge in [-0.15, -0.1) is 11.3 Å². The van der Waals surface area contributed by atoms with Crippen molar-refractivity contribution in [3.63, 3.8) is 0 Å². The summed E-state index contributed by atoms with van der Waals surface area (Å²) in [4.78, 5) is 13.3. The number of thiophene rings is 1. The number of amides is 1. The Morgan fingerprint density at radius 3 is 2.86 bits per heavy atom. The van der Waals surface area contributed by atoms with Crippen LogP contribution in [0.4, 0.5) is 4.39 Å². The van der Waals surface area contributed by atoms with Crippen LogP contribution in [0.2, 0.25) is 0 Å². The number of rotatable bonds is 4. The van der Waals surface area contributed by atoms with Crippen molar-refractivity contribution >= 4 is 17.2 Å². The van der Waals surface area contributed by atoms with Gasteiger partial charge in [0, 0.05) is 6.54 Å². The second-order valence-electron chi connectivity index (χ2n) is 4.27. The Labute approximate surface area is 127 Å². The fourth-order valence-electron chi connectivity index (χ4n) is 1.76. The van der Waals surface area contributed by atoms with Crippen molar-refractivity contribution in [2.45, 2.75) is 6.42 Å².